The molecule has 1 saturated heterocycles. The van der Waals surface area contributed by atoms with E-state index in [9.17, 15) is 4.79 Å². The van der Waals surface area contributed by atoms with Crippen LogP contribution < -0.4 is 5.73 Å². The van der Waals surface area contributed by atoms with Crippen LogP contribution in [0.3, 0.4) is 0 Å². The molecule has 2 atom stereocenters. The fourth-order valence-corrected chi connectivity index (χ4v) is 3.17. The van der Waals surface area contributed by atoms with Crippen molar-refractivity contribution in [3.8, 4) is 0 Å². The van der Waals surface area contributed by atoms with Crippen LogP contribution in [-0.2, 0) is 4.79 Å². The van der Waals surface area contributed by atoms with Crippen molar-refractivity contribution < 1.29 is 4.79 Å². The van der Waals surface area contributed by atoms with Gasteiger partial charge in [-0.05, 0) is 30.6 Å². The third-order valence-corrected chi connectivity index (χ3v) is 4.43. The van der Waals surface area contributed by atoms with Crippen LogP contribution in [0.4, 0.5) is 0 Å². The average Bonchev–Trinajstić information content (AvgIpc) is 2.62. The molecule has 2 aliphatic rings. The third kappa shape index (κ3) is 3.86. The van der Waals surface area contributed by atoms with Crippen molar-refractivity contribution in [2.45, 2.75) is 58.4 Å². The normalized spacial score (nSPS) is 30.9. The number of halogens is 1. The zero-order valence-electron chi connectivity index (χ0n) is 11.7. The molecule has 0 bridgehead atoms. The number of hydrogen-bond acceptors (Lipinski definition) is 2. The molecule has 0 aromatic carbocycles. The molecule has 1 aliphatic carbocycles. The molecule has 1 aliphatic heterocycles. The monoisotopic (exact) mass is 274 g/mol. The molecule has 2 fully saturated rings. The lowest BCUT2D eigenvalue weighted by Gasteiger charge is -2.29. The van der Waals surface area contributed by atoms with Crippen molar-refractivity contribution in [1.82, 2.24) is 4.90 Å². The van der Waals surface area contributed by atoms with Crippen LogP contribution in [0.15, 0.2) is 0 Å². The maximum absolute atomic E-state index is 12.2. The Labute approximate surface area is 117 Å². The first kappa shape index (κ1) is 15.8. The van der Waals surface area contributed by atoms with Gasteiger partial charge in [-0.2, -0.15) is 0 Å². The molecule has 18 heavy (non-hydrogen) atoms. The molecule has 2 N–H and O–H groups in total. The summed E-state index contributed by atoms with van der Waals surface area (Å²) in [5, 5.41) is 0. The minimum absolute atomic E-state index is 0. The van der Waals surface area contributed by atoms with Crippen molar-refractivity contribution in [1.29, 1.82) is 0 Å². The predicted molar refractivity (Wildman–Crippen MR) is 76.8 cm³/mol. The van der Waals surface area contributed by atoms with E-state index in [4.69, 9.17) is 5.73 Å². The fourth-order valence-electron chi connectivity index (χ4n) is 3.17. The summed E-state index contributed by atoms with van der Waals surface area (Å²) in [6, 6.07) is 0.253. The Bertz CT molecular complexity index is 294. The van der Waals surface area contributed by atoms with E-state index in [0.29, 0.717) is 23.7 Å². The quantitative estimate of drug-likeness (QED) is 0.841. The highest BCUT2D eigenvalue weighted by molar-refractivity contribution is 5.85. The Balaban J connectivity index is 0.00000162. The number of nitrogens with two attached hydrogens (primary N) is 1. The maximum Gasteiger partial charge on any atom is 0.222 e. The number of carbonyl (C=O) groups excluding carboxylic acids is 1. The van der Waals surface area contributed by atoms with Gasteiger partial charge in [-0.15, -0.1) is 12.4 Å². The van der Waals surface area contributed by atoms with Crippen LogP contribution in [0.25, 0.3) is 0 Å². The van der Waals surface area contributed by atoms with Gasteiger partial charge in [0.05, 0.1) is 0 Å². The fraction of sp³-hybridized carbons (Fsp3) is 0.929. The second kappa shape index (κ2) is 6.25. The first-order valence-electron chi connectivity index (χ1n) is 7.01. The highest BCUT2D eigenvalue weighted by Gasteiger charge is 2.33. The van der Waals surface area contributed by atoms with E-state index in [-0.39, 0.29) is 18.4 Å². The van der Waals surface area contributed by atoms with Crippen molar-refractivity contribution in [2.75, 3.05) is 13.1 Å². The summed E-state index contributed by atoms with van der Waals surface area (Å²) in [6.07, 6.45) is 6.54. The first-order chi connectivity index (χ1) is 7.98. The molecule has 1 heterocycles. The van der Waals surface area contributed by atoms with Gasteiger partial charge in [0, 0.05) is 25.6 Å². The van der Waals surface area contributed by atoms with E-state index in [0.717, 1.165) is 32.4 Å². The zero-order chi connectivity index (χ0) is 12.5. The minimum Gasteiger partial charge on any atom is -0.342 e. The molecule has 2 rings (SSSR count). The molecule has 0 spiro atoms. The average molecular weight is 275 g/mol. The van der Waals surface area contributed by atoms with Crippen LogP contribution in [0.2, 0.25) is 0 Å². The van der Waals surface area contributed by atoms with Crippen LogP contribution in [0.5, 0.6) is 0 Å². The lowest BCUT2D eigenvalue weighted by atomic mass is 9.83. The summed E-state index contributed by atoms with van der Waals surface area (Å²) in [5.74, 6) is 0.762. The number of amides is 1. The van der Waals surface area contributed by atoms with Crippen molar-refractivity contribution in [3.63, 3.8) is 0 Å². The second-order valence-corrected chi connectivity index (χ2v) is 6.64. The number of nitrogens with zero attached hydrogens (tertiary/aromatic N) is 1. The number of hydrogen-bond donors (Lipinski definition) is 1. The summed E-state index contributed by atoms with van der Waals surface area (Å²) in [4.78, 5) is 14.3. The SMILES string of the molecule is CC1(C)CCN(C(=O)CC2CCCCC2N)C1.Cl. The summed E-state index contributed by atoms with van der Waals surface area (Å²) in [7, 11) is 0. The van der Waals surface area contributed by atoms with Gasteiger partial charge in [0.25, 0.3) is 0 Å². The third-order valence-electron chi connectivity index (χ3n) is 4.43. The van der Waals surface area contributed by atoms with E-state index in [2.05, 4.69) is 13.8 Å². The molecule has 106 valence electrons. The molecule has 1 amide bonds. The molecule has 0 aromatic heterocycles. The zero-order valence-corrected chi connectivity index (χ0v) is 12.5. The molecular formula is C14H27ClN2O. The van der Waals surface area contributed by atoms with E-state index in [1.807, 2.05) is 4.90 Å². The van der Waals surface area contributed by atoms with E-state index >= 15 is 0 Å². The molecule has 0 aromatic rings. The van der Waals surface area contributed by atoms with Crippen LogP contribution in [0, 0.1) is 11.3 Å². The van der Waals surface area contributed by atoms with E-state index < -0.39 is 0 Å². The van der Waals surface area contributed by atoms with Gasteiger partial charge < -0.3 is 10.6 Å². The van der Waals surface area contributed by atoms with E-state index in [1.165, 1.54) is 12.8 Å². The van der Waals surface area contributed by atoms with Crippen LogP contribution >= 0.6 is 12.4 Å². The summed E-state index contributed by atoms with van der Waals surface area (Å²) >= 11 is 0. The van der Waals surface area contributed by atoms with E-state index in [1.54, 1.807) is 0 Å². The molecule has 2 unspecified atom stereocenters. The predicted octanol–water partition coefficient (Wildman–Crippen LogP) is 2.57. The highest BCUT2D eigenvalue weighted by Crippen LogP contribution is 2.31. The largest absolute Gasteiger partial charge is 0.342 e. The van der Waals surface area contributed by atoms with Gasteiger partial charge in [0.1, 0.15) is 0 Å². The van der Waals surface area contributed by atoms with Gasteiger partial charge in [-0.25, -0.2) is 0 Å². The Morgan fingerprint density at radius 3 is 2.56 bits per heavy atom. The topological polar surface area (TPSA) is 46.3 Å². The smallest absolute Gasteiger partial charge is 0.222 e. The number of rotatable bonds is 2. The molecule has 0 radical (unpaired) electrons. The number of likely N-dealkylation sites (tertiary alicyclic amines) is 1. The molecule has 4 heteroatoms. The van der Waals surface area contributed by atoms with Crippen molar-refractivity contribution in [3.05, 3.63) is 0 Å². The number of carbonyl (C=O) groups is 1. The first-order valence-corrected chi connectivity index (χ1v) is 7.01. The lowest BCUT2D eigenvalue weighted by Crippen LogP contribution is -2.38. The van der Waals surface area contributed by atoms with Crippen molar-refractivity contribution in [2.24, 2.45) is 17.1 Å². The Kier molecular flexibility index (Phi) is 5.47. The van der Waals surface area contributed by atoms with Gasteiger partial charge in [-0.1, -0.05) is 26.7 Å². The summed E-state index contributed by atoms with van der Waals surface area (Å²) in [5.41, 5.74) is 6.42. The Morgan fingerprint density at radius 1 is 1.33 bits per heavy atom. The Hall–Kier alpha value is -0.280. The van der Waals surface area contributed by atoms with Crippen molar-refractivity contribution >= 4 is 18.3 Å². The second-order valence-electron chi connectivity index (χ2n) is 6.64. The van der Waals surface area contributed by atoms with Crippen LogP contribution in [-0.4, -0.2) is 29.9 Å². The van der Waals surface area contributed by atoms with Gasteiger partial charge >= 0.3 is 0 Å². The van der Waals surface area contributed by atoms with Gasteiger partial charge in [-0.3, -0.25) is 4.79 Å². The minimum atomic E-state index is 0. The van der Waals surface area contributed by atoms with Crippen LogP contribution in [0.1, 0.15) is 52.4 Å². The standard InChI is InChI=1S/C14H26N2O.ClH/c1-14(2)7-8-16(10-14)13(17)9-11-5-3-4-6-12(11)15;/h11-12H,3-10,15H2,1-2H3;1H. The van der Waals surface area contributed by atoms with Gasteiger partial charge in [0.2, 0.25) is 5.91 Å². The summed E-state index contributed by atoms with van der Waals surface area (Å²) in [6.45, 7) is 6.35. The maximum atomic E-state index is 12.2. The molecular weight excluding hydrogens is 248 g/mol. The summed E-state index contributed by atoms with van der Waals surface area (Å²) < 4.78 is 0. The lowest BCUT2D eigenvalue weighted by molar-refractivity contribution is -0.131. The Morgan fingerprint density at radius 2 is 2.00 bits per heavy atom. The highest BCUT2D eigenvalue weighted by atomic mass is 35.5. The molecule has 3 nitrogen and oxygen atoms in total. The van der Waals surface area contributed by atoms with Gasteiger partial charge in [0.15, 0.2) is 0 Å². The molecule has 1 saturated carbocycles.